The highest BCUT2D eigenvalue weighted by Crippen LogP contribution is 2.28. The number of carbonyl (C=O) groups excluding carboxylic acids is 1. The summed E-state index contributed by atoms with van der Waals surface area (Å²) in [5, 5.41) is 3.41. The lowest BCUT2D eigenvalue weighted by atomic mass is 9.85. The first-order valence-corrected chi connectivity index (χ1v) is 9.93. The first kappa shape index (κ1) is 17.3. The molecule has 0 radical (unpaired) electrons. The highest BCUT2D eigenvalue weighted by atomic mass is 16.2. The molecule has 0 aromatic heterocycles. The number of benzene rings is 2. The van der Waals surface area contributed by atoms with Crippen LogP contribution < -0.4 is 5.32 Å². The molecule has 1 atom stereocenters. The summed E-state index contributed by atoms with van der Waals surface area (Å²) in [5.74, 6) is 1.43. The summed E-state index contributed by atoms with van der Waals surface area (Å²) in [6, 6.07) is 18.7. The topological polar surface area (TPSA) is 32.3 Å². The molecule has 2 fully saturated rings. The molecule has 136 valence electrons. The van der Waals surface area contributed by atoms with Crippen LogP contribution in [0.2, 0.25) is 0 Å². The van der Waals surface area contributed by atoms with E-state index < -0.39 is 0 Å². The highest BCUT2D eigenvalue weighted by Gasteiger charge is 2.25. The first-order valence-electron chi connectivity index (χ1n) is 9.93. The largest absolute Gasteiger partial charge is 0.334 e. The zero-order chi connectivity index (χ0) is 17.8. The van der Waals surface area contributed by atoms with Crippen LogP contribution in [0.3, 0.4) is 0 Å². The molecule has 1 N–H and O–H groups in total. The van der Waals surface area contributed by atoms with Gasteiger partial charge in [0.15, 0.2) is 0 Å². The van der Waals surface area contributed by atoms with Gasteiger partial charge in [-0.15, -0.1) is 0 Å². The average molecular weight is 348 g/mol. The number of amides is 1. The smallest absolute Gasteiger partial charge is 0.254 e. The molecule has 1 amide bonds. The molecule has 1 saturated heterocycles. The number of carbonyl (C=O) groups is 1. The van der Waals surface area contributed by atoms with Crippen LogP contribution in [0.15, 0.2) is 54.6 Å². The van der Waals surface area contributed by atoms with Crippen LogP contribution in [0.25, 0.3) is 0 Å². The van der Waals surface area contributed by atoms with Crippen molar-refractivity contribution in [3.8, 4) is 0 Å². The van der Waals surface area contributed by atoms with E-state index in [0.717, 1.165) is 25.2 Å². The van der Waals surface area contributed by atoms with Crippen molar-refractivity contribution >= 4 is 5.91 Å². The molecule has 0 spiro atoms. The molecular weight excluding hydrogens is 320 g/mol. The lowest BCUT2D eigenvalue weighted by Crippen LogP contribution is -2.37. The van der Waals surface area contributed by atoms with E-state index in [-0.39, 0.29) is 5.91 Å². The molecule has 2 aliphatic rings. The fourth-order valence-corrected chi connectivity index (χ4v) is 4.03. The molecular formula is C23H28N2O. The van der Waals surface area contributed by atoms with Gasteiger partial charge in [0.05, 0.1) is 0 Å². The van der Waals surface area contributed by atoms with Crippen LogP contribution in [-0.4, -0.2) is 30.4 Å². The quantitative estimate of drug-likeness (QED) is 0.848. The van der Waals surface area contributed by atoms with Crippen LogP contribution in [-0.2, 0) is 6.54 Å². The highest BCUT2D eigenvalue weighted by molar-refractivity contribution is 5.94. The molecule has 1 aliphatic heterocycles. The SMILES string of the molecule is O=C(c1ccc(C2CCNC2)cc1)N(Cc1ccccc1)CC1CCC1. The van der Waals surface area contributed by atoms with Gasteiger partial charge in [0.1, 0.15) is 0 Å². The van der Waals surface area contributed by atoms with Gasteiger partial charge in [0, 0.05) is 25.2 Å². The minimum Gasteiger partial charge on any atom is -0.334 e. The van der Waals surface area contributed by atoms with Crippen LogP contribution in [0.5, 0.6) is 0 Å². The molecule has 1 aliphatic carbocycles. The third kappa shape index (κ3) is 3.99. The fourth-order valence-electron chi connectivity index (χ4n) is 4.03. The van der Waals surface area contributed by atoms with Gasteiger partial charge in [0.25, 0.3) is 5.91 Å². The summed E-state index contributed by atoms with van der Waals surface area (Å²) in [6.45, 7) is 3.72. The third-order valence-electron chi connectivity index (χ3n) is 5.90. The second kappa shape index (κ2) is 8.05. The van der Waals surface area contributed by atoms with E-state index in [0.29, 0.717) is 18.4 Å². The summed E-state index contributed by atoms with van der Waals surface area (Å²) in [7, 11) is 0. The molecule has 0 bridgehead atoms. The molecule has 4 rings (SSSR count). The lowest BCUT2D eigenvalue weighted by molar-refractivity contribution is 0.0679. The zero-order valence-corrected chi connectivity index (χ0v) is 15.4. The minimum absolute atomic E-state index is 0.164. The van der Waals surface area contributed by atoms with Crippen molar-refractivity contribution in [2.75, 3.05) is 19.6 Å². The van der Waals surface area contributed by atoms with Gasteiger partial charge in [-0.25, -0.2) is 0 Å². The zero-order valence-electron chi connectivity index (χ0n) is 15.4. The van der Waals surface area contributed by atoms with E-state index in [1.807, 2.05) is 35.2 Å². The summed E-state index contributed by atoms with van der Waals surface area (Å²) < 4.78 is 0. The van der Waals surface area contributed by atoms with E-state index in [4.69, 9.17) is 0 Å². The second-order valence-electron chi connectivity index (χ2n) is 7.78. The van der Waals surface area contributed by atoms with Crippen LogP contribution in [0, 0.1) is 5.92 Å². The van der Waals surface area contributed by atoms with Crippen molar-refractivity contribution in [1.29, 1.82) is 0 Å². The monoisotopic (exact) mass is 348 g/mol. The van der Waals surface area contributed by atoms with E-state index in [9.17, 15) is 4.79 Å². The minimum atomic E-state index is 0.164. The maximum atomic E-state index is 13.2. The molecule has 1 saturated carbocycles. The Labute approximate surface area is 156 Å². The Morgan fingerprint density at radius 3 is 2.38 bits per heavy atom. The van der Waals surface area contributed by atoms with E-state index in [1.165, 1.54) is 36.8 Å². The number of hydrogen-bond acceptors (Lipinski definition) is 2. The summed E-state index contributed by atoms with van der Waals surface area (Å²) in [6.07, 6.45) is 5.01. The predicted octanol–water partition coefficient (Wildman–Crippen LogP) is 4.21. The van der Waals surface area contributed by atoms with Gasteiger partial charge >= 0.3 is 0 Å². The number of nitrogens with one attached hydrogen (secondary N) is 1. The molecule has 1 heterocycles. The predicted molar refractivity (Wildman–Crippen MR) is 105 cm³/mol. The van der Waals surface area contributed by atoms with Crippen LogP contribution in [0.4, 0.5) is 0 Å². The van der Waals surface area contributed by atoms with Crippen molar-refractivity contribution < 1.29 is 4.79 Å². The fraction of sp³-hybridized carbons (Fsp3) is 0.435. The molecule has 2 aromatic carbocycles. The van der Waals surface area contributed by atoms with Gasteiger partial charge in [-0.3, -0.25) is 4.79 Å². The second-order valence-corrected chi connectivity index (χ2v) is 7.78. The Balaban J connectivity index is 1.49. The van der Waals surface area contributed by atoms with Gasteiger partial charge in [-0.2, -0.15) is 0 Å². The van der Waals surface area contributed by atoms with Crippen molar-refractivity contribution in [2.24, 2.45) is 5.92 Å². The molecule has 3 nitrogen and oxygen atoms in total. The molecule has 1 unspecified atom stereocenters. The van der Waals surface area contributed by atoms with Crippen LogP contribution in [0.1, 0.15) is 53.1 Å². The maximum absolute atomic E-state index is 13.2. The average Bonchev–Trinajstić information content (AvgIpc) is 3.19. The number of nitrogens with zero attached hydrogens (tertiary/aromatic N) is 1. The summed E-state index contributed by atoms with van der Waals surface area (Å²) in [4.78, 5) is 15.2. The van der Waals surface area contributed by atoms with Crippen LogP contribution >= 0.6 is 0 Å². The van der Waals surface area contributed by atoms with Crippen molar-refractivity contribution in [2.45, 2.75) is 38.1 Å². The Bertz CT molecular complexity index is 716. The van der Waals surface area contributed by atoms with Gasteiger partial charge in [0.2, 0.25) is 0 Å². The van der Waals surface area contributed by atoms with Crippen molar-refractivity contribution in [3.05, 3.63) is 71.3 Å². The Kier molecular flexibility index (Phi) is 5.35. The molecule has 3 heteroatoms. The standard InChI is InChI=1S/C23H28N2O/c26-23(21-11-9-20(10-12-21)22-13-14-24-15-22)25(17-19-7-4-8-19)16-18-5-2-1-3-6-18/h1-3,5-6,9-12,19,22,24H,4,7-8,13-17H2. The maximum Gasteiger partial charge on any atom is 0.254 e. The summed E-state index contributed by atoms with van der Waals surface area (Å²) >= 11 is 0. The van der Waals surface area contributed by atoms with E-state index in [2.05, 4.69) is 29.6 Å². The molecule has 26 heavy (non-hydrogen) atoms. The number of rotatable bonds is 6. The normalized spacial score (nSPS) is 19.9. The Morgan fingerprint density at radius 2 is 1.77 bits per heavy atom. The van der Waals surface area contributed by atoms with Crippen molar-refractivity contribution in [1.82, 2.24) is 10.2 Å². The van der Waals surface area contributed by atoms with Gasteiger partial charge in [-0.1, -0.05) is 48.9 Å². The van der Waals surface area contributed by atoms with Crippen molar-refractivity contribution in [3.63, 3.8) is 0 Å². The number of hydrogen-bond donors (Lipinski definition) is 1. The third-order valence-corrected chi connectivity index (χ3v) is 5.90. The lowest BCUT2D eigenvalue weighted by Gasteiger charge is -2.32. The summed E-state index contributed by atoms with van der Waals surface area (Å²) in [5.41, 5.74) is 3.36. The van der Waals surface area contributed by atoms with E-state index >= 15 is 0 Å². The van der Waals surface area contributed by atoms with Gasteiger partial charge in [-0.05, 0) is 60.9 Å². The Morgan fingerprint density at radius 1 is 1.00 bits per heavy atom. The van der Waals surface area contributed by atoms with E-state index in [1.54, 1.807) is 0 Å². The first-order chi connectivity index (χ1) is 12.8. The Hall–Kier alpha value is -2.13. The van der Waals surface area contributed by atoms with Gasteiger partial charge < -0.3 is 10.2 Å². The molecule has 2 aromatic rings.